The van der Waals surface area contributed by atoms with Crippen molar-refractivity contribution in [3.05, 3.63) is 45.7 Å². The van der Waals surface area contributed by atoms with Crippen molar-refractivity contribution in [2.75, 3.05) is 31.1 Å². The number of halogens is 3. The maximum Gasteiger partial charge on any atom is 0.271 e. The zero-order valence-corrected chi connectivity index (χ0v) is 21.8. The van der Waals surface area contributed by atoms with Crippen molar-refractivity contribution in [1.29, 1.82) is 0 Å². The lowest BCUT2D eigenvalue weighted by Crippen LogP contribution is -2.53. The van der Waals surface area contributed by atoms with Crippen LogP contribution in [0.5, 0.6) is 0 Å². The molecule has 2 aromatic heterocycles. The molecule has 2 aliphatic rings. The van der Waals surface area contributed by atoms with Gasteiger partial charge in [0.2, 0.25) is 0 Å². The number of hydrogen-bond acceptors (Lipinski definition) is 6. The molecule has 0 bridgehead atoms. The Balaban J connectivity index is 1.46. The van der Waals surface area contributed by atoms with Gasteiger partial charge in [0.1, 0.15) is 11.3 Å². The predicted molar refractivity (Wildman–Crippen MR) is 140 cm³/mol. The number of carbonyl (C=O) groups is 1. The van der Waals surface area contributed by atoms with Crippen LogP contribution in [-0.4, -0.2) is 68.2 Å². The molecule has 3 unspecified atom stereocenters. The Morgan fingerprint density at radius 1 is 1.17 bits per heavy atom. The van der Waals surface area contributed by atoms with Crippen LogP contribution in [0.1, 0.15) is 54.7 Å². The van der Waals surface area contributed by atoms with E-state index in [1.165, 1.54) is 19.3 Å². The van der Waals surface area contributed by atoms with Crippen molar-refractivity contribution >= 4 is 57.7 Å². The Morgan fingerprint density at radius 2 is 1.94 bits per heavy atom. The summed E-state index contributed by atoms with van der Waals surface area (Å²) >= 11 is 19.4. The summed E-state index contributed by atoms with van der Waals surface area (Å²) in [6.45, 7) is 5.69. The third kappa shape index (κ3) is 4.81. The lowest BCUT2D eigenvalue weighted by molar-refractivity contribution is 0.0996. The summed E-state index contributed by atoms with van der Waals surface area (Å²) in [6, 6.07) is 5.34. The summed E-state index contributed by atoms with van der Waals surface area (Å²) in [5.74, 6) is 0.0418. The SMILES string of the molecule is CC(c1ccc(Cl)cc1Cl)n1nc(C(N)=O)c2ncc(N3CCC(N4CCCCC4)C(Cl)C3)nc21. The molecule has 0 radical (unpaired) electrons. The van der Waals surface area contributed by atoms with Crippen LogP contribution < -0.4 is 10.6 Å². The fraction of sp³-hybridized carbons (Fsp3) is 0.500. The Hall–Kier alpha value is -2.13. The van der Waals surface area contributed by atoms with Crippen molar-refractivity contribution < 1.29 is 4.79 Å². The number of benzene rings is 1. The number of carbonyl (C=O) groups excluding carboxylic acids is 1. The molecule has 0 aliphatic carbocycles. The van der Waals surface area contributed by atoms with Gasteiger partial charge in [-0.05, 0) is 57.0 Å². The van der Waals surface area contributed by atoms with E-state index < -0.39 is 5.91 Å². The molecule has 5 rings (SSSR count). The van der Waals surface area contributed by atoms with E-state index in [1.54, 1.807) is 23.0 Å². The minimum Gasteiger partial charge on any atom is -0.364 e. The Labute approximate surface area is 219 Å². The lowest BCUT2D eigenvalue weighted by atomic mass is 9.99. The van der Waals surface area contributed by atoms with Gasteiger partial charge in [0.05, 0.1) is 17.6 Å². The van der Waals surface area contributed by atoms with Crippen LogP contribution in [0.3, 0.4) is 0 Å². The second kappa shape index (κ2) is 10.1. The van der Waals surface area contributed by atoms with Crippen LogP contribution in [-0.2, 0) is 0 Å². The Bertz CT molecular complexity index is 1240. The second-order valence-corrected chi connectivity index (χ2v) is 10.7. The molecule has 186 valence electrons. The van der Waals surface area contributed by atoms with E-state index in [-0.39, 0.29) is 17.1 Å². The number of aromatic nitrogens is 4. The van der Waals surface area contributed by atoms with E-state index in [9.17, 15) is 4.79 Å². The molecule has 4 heterocycles. The highest BCUT2D eigenvalue weighted by atomic mass is 35.5. The number of hydrogen-bond donors (Lipinski definition) is 1. The van der Waals surface area contributed by atoms with Crippen molar-refractivity contribution in [3.63, 3.8) is 0 Å². The first-order chi connectivity index (χ1) is 16.8. The monoisotopic (exact) mass is 535 g/mol. The predicted octanol–water partition coefficient (Wildman–Crippen LogP) is 4.51. The number of alkyl halides is 1. The van der Waals surface area contributed by atoms with Gasteiger partial charge in [0.15, 0.2) is 11.3 Å². The summed E-state index contributed by atoms with van der Waals surface area (Å²) in [5.41, 5.74) is 7.32. The van der Waals surface area contributed by atoms with Crippen molar-refractivity contribution in [1.82, 2.24) is 24.6 Å². The molecule has 3 aromatic rings. The summed E-state index contributed by atoms with van der Waals surface area (Å²) < 4.78 is 1.65. The molecule has 1 aromatic carbocycles. The van der Waals surface area contributed by atoms with Crippen LogP contribution in [0.25, 0.3) is 11.2 Å². The lowest BCUT2D eigenvalue weighted by Gasteiger charge is -2.43. The fourth-order valence-corrected chi connectivity index (χ4v) is 6.24. The zero-order chi connectivity index (χ0) is 24.7. The average Bonchev–Trinajstić information content (AvgIpc) is 3.23. The zero-order valence-electron chi connectivity index (χ0n) is 19.5. The third-order valence-corrected chi connectivity index (χ3v) is 8.09. The number of rotatable bonds is 5. The van der Waals surface area contributed by atoms with Crippen LogP contribution in [0.4, 0.5) is 5.82 Å². The molecule has 8 nitrogen and oxygen atoms in total. The highest BCUT2D eigenvalue weighted by molar-refractivity contribution is 6.35. The number of likely N-dealkylation sites (tertiary alicyclic amines) is 1. The molecular weight excluding hydrogens is 509 g/mol. The smallest absolute Gasteiger partial charge is 0.271 e. The first-order valence-electron chi connectivity index (χ1n) is 12.0. The highest BCUT2D eigenvalue weighted by Gasteiger charge is 2.34. The summed E-state index contributed by atoms with van der Waals surface area (Å²) in [4.78, 5) is 26.2. The quantitative estimate of drug-likeness (QED) is 0.482. The average molecular weight is 537 g/mol. The highest BCUT2D eigenvalue weighted by Crippen LogP contribution is 2.32. The van der Waals surface area contributed by atoms with E-state index in [1.807, 2.05) is 13.0 Å². The minimum absolute atomic E-state index is 0.00256. The Kier molecular flexibility index (Phi) is 7.08. The Morgan fingerprint density at radius 3 is 2.63 bits per heavy atom. The molecule has 2 aliphatic heterocycles. The topological polar surface area (TPSA) is 93.2 Å². The minimum atomic E-state index is -0.659. The van der Waals surface area contributed by atoms with Crippen molar-refractivity contribution in [3.8, 4) is 0 Å². The van der Waals surface area contributed by atoms with E-state index in [0.717, 1.165) is 31.6 Å². The van der Waals surface area contributed by atoms with Gasteiger partial charge in [0.25, 0.3) is 5.91 Å². The molecule has 2 fully saturated rings. The summed E-state index contributed by atoms with van der Waals surface area (Å²) in [5, 5.41) is 5.52. The number of nitrogens with zero attached hydrogens (tertiary/aromatic N) is 6. The van der Waals surface area contributed by atoms with Crippen molar-refractivity contribution in [2.45, 2.75) is 50.1 Å². The van der Waals surface area contributed by atoms with Crippen LogP contribution in [0, 0.1) is 0 Å². The standard InChI is InChI=1S/C24H28Cl3N7O/c1-14(16-6-5-15(25)11-17(16)26)34-24-22(21(31-34)23(28)35)29-12-20(30-24)33-10-7-19(18(27)13-33)32-8-3-2-4-9-32/h5-6,11-12,14,18-19H,2-4,7-10,13H2,1H3,(H2,28,35). The molecule has 3 atom stereocenters. The number of anilines is 1. The number of primary amides is 1. The molecule has 35 heavy (non-hydrogen) atoms. The van der Waals surface area contributed by atoms with Gasteiger partial charge in [-0.2, -0.15) is 5.10 Å². The normalized spacial score (nSPS) is 22.5. The first-order valence-corrected chi connectivity index (χ1v) is 13.2. The molecule has 0 spiro atoms. The van der Waals surface area contributed by atoms with E-state index >= 15 is 0 Å². The van der Waals surface area contributed by atoms with E-state index in [2.05, 4.69) is 19.9 Å². The number of amides is 1. The van der Waals surface area contributed by atoms with Gasteiger partial charge in [-0.3, -0.25) is 9.69 Å². The van der Waals surface area contributed by atoms with Crippen LogP contribution in [0.2, 0.25) is 10.0 Å². The third-order valence-electron chi connectivity index (χ3n) is 7.09. The van der Waals surface area contributed by atoms with Gasteiger partial charge in [0, 0.05) is 29.2 Å². The molecule has 11 heteroatoms. The maximum absolute atomic E-state index is 12.1. The van der Waals surface area contributed by atoms with Crippen LogP contribution in [0.15, 0.2) is 24.4 Å². The number of fused-ring (bicyclic) bond motifs is 1. The van der Waals surface area contributed by atoms with Gasteiger partial charge >= 0.3 is 0 Å². The molecule has 0 saturated carbocycles. The second-order valence-electron chi connectivity index (χ2n) is 9.31. The van der Waals surface area contributed by atoms with Crippen molar-refractivity contribution in [2.24, 2.45) is 5.73 Å². The molecule has 2 N–H and O–H groups in total. The largest absolute Gasteiger partial charge is 0.364 e. The first kappa shape index (κ1) is 24.6. The number of nitrogens with two attached hydrogens (primary N) is 1. The summed E-state index contributed by atoms with van der Waals surface area (Å²) in [7, 11) is 0. The van der Waals surface area contributed by atoms with E-state index in [0.29, 0.717) is 39.6 Å². The van der Waals surface area contributed by atoms with Gasteiger partial charge in [-0.15, -0.1) is 11.6 Å². The summed E-state index contributed by atoms with van der Waals surface area (Å²) in [6.07, 6.45) is 6.43. The van der Waals surface area contributed by atoms with Gasteiger partial charge in [-0.25, -0.2) is 14.6 Å². The van der Waals surface area contributed by atoms with Crippen LogP contribution >= 0.6 is 34.8 Å². The molecule has 1 amide bonds. The molecule has 2 saturated heterocycles. The van der Waals surface area contributed by atoms with Gasteiger partial charge in [-0.1, -0.05) is 35.7 Å². The van der Waals surface area contributed by atoms with Gasteiger partial charge < -0.3 is 10.6 Å². The number of piperidine rings is 2. The maximum atomic E-state index is 12.1. The van der Waals surface area contributed by atoms with E-state index in [4.69, 9.17) is 45.5 Å². The molecular formula is C24H28Cl3N7O. The fourth-order valence-electron chi connectivity index (χ4n) is 5.22.